The minimum absolute atomic E-state index is 0.864. The predicted octanol–water partition coefficient (Wildman–Crippen LogP) is 12.2. The van der Waals surface area contributed by atoms with E-state index in [0.717, 1.165) is 11.5 Å². The van der Waals surface area contributed by atoms with E-state index in [1.54, 1.807) is 0 Å². The van der Waals surface area contributed by atoms with E-state index in [4.69, 9.17) is 4.74 Å². The molecular weight excluding hydrogens is 545 g/mol. The van der Waals surface area contributed by atoms with Gasteiger partial charge in [-0.2, -0.15) is 0 Å². The Morgan fingerprint density at radius 3 is 1.23 bits per heavy atom. The first-order valence-corrected chi connectivity index (χ1v) is 15.7. The maximum atomic E-state index is 6.44. The Labute approximate surface area is 242 Å². The van der Waals surface area contributed by atoms with Crippen molar-refractivity contribution >= 4 is 94.5 Å². The first-order valence-electron chi connectivity index (χ1n) is 13.2. The van der Waals surface area contributed by atoms with Gasteiger partial charge in [0.2, 0.25) is 0 Å². The van der Waals surface area contributed by atoms with Gasteiger partial charge in [-0.15, -0.1) is 34.0 Å². The lowest BCUT2D eigenvalue weighted by Crippen LogP contribution is -1.83. The fourth-order valence-corrected chi connectivity index (χ4v) is 9.05. The Hall–Kier alpha value is -4.22. The summed E-state index contributed by atoms with van der Waals surface area (Å²) in [6.45, 7) is 0. The van der Waals surface area contributed by atoms with Crippen molar-refractivity contribution in [1.82, 2.24) is 0 Å². The zero-order valence-electron chi connectivity index (χ0n) is 21.2. The molecule has 0 atom stereocenters. The molecule has 0 saturated carbocycles. The van der Waals surface area contributed by atoms with E-state index in [-0.39, 0.29) is 0 Å². The molecule has 0 bridgehead atoms. The van der Waals surface area contributed by atoms with Gasteiger partial charge in [0.05, 0.1) is 0 Å². The smallest absolute Gasteiger partial charge is 0.128 e. The van der Waals surface area contributed by atoms with Gasteiger partial charge in [-0.3, -0.25) is 0 Å². The molecule has 0 unspecified atom stereocenters. The summed E-state index contributed by atoms with van der Waals surface area (Å²) in [5, 5.41) is 7.72. The van der Waals surface area contributed by atoms with E-state index >= 15 is 0 Å². The van der Waals surface area contributed by atoms with Crippen LogP contribution in [0.15, 0.2) is 121 Å². The van der Waals surface area contributed by atoms with Crippen LogP contribution in [0.4, 0.5) is 0 Å². The van der Waals surface area contributed by atoms with Gasteiger partial charge in [0, 0.05) is 60.5 Å². The molecule has 9 rings (SSSR count). The summed E-state index contributed by atoms with van der Waals surface area (Å²) < 4.78 is 14.3. The topological polar surface area (TPSA) is 9.23 Å². The van der Waals surface area contributed by atoms with E-state index < -0.39 is 0 Å². The quantitative estimate of drug-likeness (QED) is 0.207. The highest BCUT2D eigenvalue weighted by atomic mass is 32.1. The lowest BCUT2D eigenvalue weighted by Gasteiger charge is -2.07. The largest absolute Gasteiger partial charge is 0.457 e. The average molecular weight is 565 g/mol. The van der Waals surface area contributed by atoms with Gasteiger partial charge >= 0.3 is 0 Å². The SMILES string of the molecule is c1ccc2c(c1)sc1ccc(Oc3ccc4sc5ccc(-c6ccc7sc8ccccc8c7c6)cc5c4c3)cc12. The first kappa shape index (κ1) is 22.6. The Balaban J connectivity index is 1.13. The Kier molecular flexibility index (Phi) is 4.88. The molecule has 0 N–H and O–H groups in total. The fourth-order valence-electron chi connectivity index (χ4n) is 5.81. The lowest BCUT2D eigenvalue weighted by atomic mass is 10.0. The lowest BCUT2D eigenvalue weighted by molar-refractivity contribution is 0.484. The van der Waals surface area contributed by atoms with E-state index in [9.17, 15) is 0 Å². The molecule has 0 aliphatic rings. The molecule has 1 nitrogen and oxygen atoms in total. The van der Waals surface area contributed by atoms with Crippen molar-refractivity contribution < 1.29 is 4.74 Å². The highest BCUT2D eigenvalue weighted by Gasteiger charge is 2.12. The Morgan fingerprint density at radius 1 is 0.325 bits per heavy atom. The number of ether oxygens (including phenoxy) is 1. The molecule has 40 heavy (non-hydrogen) atoms. The molecule has 188 valence electrons. The fraction of sp³-hybridized carbons (Fsp3) is 0. The van der Waals surface area contributed by atoms with Gasteiger partial charge in [-0.05, 0) is 83.9 Å². The molecule has 0 saturated heterocycles. The van der Waals surface area contributed by atoms with Gasteiger partial charge in [-0.25, -0.2) is 0 Å². The van der Waals surface area contributed by atoms with Crippen LogP contribution >= 0.6 is 34.0 Å². The molecule has 0 aliphatic heterocycles. The van der Waals surface area contributed by atoms with Crippen LogP contribution in [0.3, 0.4) is 0 Å². The second-order valence-electron chi connectivity index (χ2n) is 10.1. The molecule has 6 aromatic carbocycles. The van der Waals surface area contributed by atoms with Crippen LogP contribution in [0.25, 0.3) is 71.6 Å². The number of thiophene rings is 3. The number of hydrogen-bond acceptors (Lipinski definition) is 4. The third-order valence-corrected chi connectivity index (χ3v) is 11.2. The highest BCUT2D eigenvalue weighted by Crippen LogP contribution is 2.41. The molecule has 4 heteroatoms. The zero-order valence-corrected chi connectivity index (χ0v) is 23.6. The van der Waals surface area contributed by atoms with Gasteiger partial charge < -0.3 is 4.74 Å². The zero-order chi connectivity index (χ0) is 26.2. The van der Waals surface area contributed by atoms with Gasteiger partial charge in [0.25, 0.3) is 0 Å². The van der Waals surface area contributed by atoms with Crippen LogP contribution in [0, 0.1) is 0 Å². The van der Waals surface area contributed by atoms with Crippen LogP contribution in [-0.4, -0.2) is 0 Å². The summed E-state index contributed by atoms with van der Waals surface area (Å²) in [5.41, 5.74) is 2.49. The molecule has 0 aliphatic carbocycles. The van der Waals surface area contributed by atoms with E-state index in [1.807, 2.05) is 34.0 Å². The van der Waals surface area contributed by atoms with E-state index in [1.165, 1.54) is 71.6 Å². The standard InChI is InChI=1S/C36H20OS3/c1-3-7-31-25(5-1)27-17-21(9-13-33(27)38-31)22-10-14-34-28(18-22)30-20-24(12-16-36(30)40-34)37-23-11-15-35-29(19-23)26-6-2-4-8-32(26)39-35/h1-20H. The van der Waals surface area contributed by atoms with Crippen LogP contribution in [0.2, 0.25) is 0 Å². The summed E-state index contributed by atoms with van der Waals surface area (Å²) in [5.74, 6) is 1.73. The van der Waals surface area contributed by atoms with Crippen molar-refractivity contribution in [2.75, 3.05) is 0 Å². The minimum atomic E-state index is 0.864. The van der Waals surface area contributed by atoms with E-state index in [2.05, 4.69) is 121 Å². The summed E-state index contributed by atoms with van der Waals surface area (Å²) in [7, 11) is 0. The predicted molar refractivity (Wildman–Crippen MR) is 177 cm³/mol. The average Bonchev–Trinajstić information content (AvgIpc) is 3.67. The summed E-state index contributed by atoms with van der Waals surface area (Å²) in [6, 6.07) is 43.9. The van der Waals surface area contributed by atoms with Crippen LogP contribution in [0.1, 0.15) is 0 Å². The minimum Gasteiger partial charge on any atom is -0.457 e. The van der Waals surface area contributed by atoms with E-state index in [0.29, 0.717) is 0 Å². The molecular formula is C36H20OS3. The second-order valence-corrected chi connectivity index (χ2v) is 13.4. The maximum Gasteiger partial charge on any atom is 0.128 e. The molecule has 0 radical (unpaired) electrons. The van der Waals surface area contributed by atoms with Gasteiger partial charge in [-0.1, -0.05) is 48.5 Å². The number of fused-ring (bicyclic) bond motifs is 9. The summed E-state index contributed by atoms with van der Waals surface area (Å²) in [4.78, 5) is 0. The number of benzene rings is 6. The van der Waals surface area contributed by atoms with Crippen molar-refractivity contribution in [3.05, 3.63) is 121 Å². The molecule has 0 spiro atoms. The van der Waals surface area contributed by atoms with Crippen LogP contribution in [0.5, 0.6) is 11.5 Å². The molecule has 3 aromatic heterocycles. The Bertz CT molecular complexity index is 2420. The van der Waals surface area contributed by atoms with Gasteiger partial charge in [0.1, 0.15) is 11.5 Å². The highest BCUT2D eigenvalue weighted by molar-refractivity contribution is 7.26. The number of rotatable bonds is 3. The van der Waals surface area contributed by atoms with Crippen molar-refractivity contribution in [2.45, 2.75) is 0 Å². The molecule has 9 aromatic rings. The van der Waals surface area contributed by atoms with Crippen molar-refractivity contribution in [3.8, 4) is 22.6 Å². The third kappa shape index (κ3) is 3.50. The van der Waals surface area contributed by atoms with Gasteiger partial charge in [0.15, 0.2) is 0 Å². The van der Waals surface area contributed by atoms with Crippen molar-refractivity contribution in [3.63, 3.8) is 0 Å². The molecule has 0 fully saturated rings. The summed E-state index contributed by atoms with van der Waals surface area (Å²) >= 11 is 5.53. The maximum absolute atomic E-state index is 6.44. The normalized spacial score (nSPS) is 12.0. The van der Waals surface area contributed by atoms with Crippen molar-refractivity contribution in [1.29, 1.82) is 0 Å². The first-order chi connectivity index (χ1) is 19.8. The second kappa shape index (κ2) is 8.64. The third-order valence-electron chi connectivity index (χ3n) is 7.73. The molecule has 3 heterocycles. The van der Waals surface area contributed by atoms with Crippen molar-refractivity contribution in [2.24, 2.45) is 0 Å². The Morgan fingerprint density at radius 2 is 0.700 bits per heavy atom. The number of hydrogen-bond donors (Lipinski definition) is 0. The van der Waals surface area contributed by atoms with Crippen LogP contribution in [-0.2, 0) is 0 Å². The molecule has 0 amide bonds. The van der Waals surface area contributed by atoms with Crippen LogP contribution < -0.4 is 4.74 Å². The monoisotopic (exact) mass is 564 g/mol. The summed E-state index contributed by atoms with van der Waals surface area (Å²) in [6.07, 6.45) is 0.